The van der Waals surface area contributed by atoms with Gasteiger partial charge >= 0.3 is 5.97 Å². The zero-order valence-electron chi connectivity index (χ0n) is 10.7. The Bertz CT molecular complexity index is 228. The molecule has 16 heavy (non-hydrogen) atoms. The molecule has 1 N–H and O–H groups in total. The van der Waals surface area contributed by atoms with Gasteiger partial charge in [0, 0.05) is 13.0 Å². The van der Waals surface area contributed by atoms with Crippen LogP contribution in [0.3, 0.4) is 0 Å². The first-order chi connectivity index (χ1) is 7.52. The Kier molecular flexibility index (Phi) is 7.60. The molecule has 0 aromatic rings. The van der Waals surface area contributed by atoms with Gasteiger partial charge in [-0.3, -0.25) is 9.59 Å². The van der Waals surface area contributed by atoms with E-state index in [2.05, 4.69) is 12.2 Å². The minimum Gasteiger partial charge on any atom is -0.466 e. The summed E-state index contributed by atoms with van der Waals surface area (Å²) in [6.45, 7) is 7.55. The number of ether oxygens (including phenoxy) is 1. The normalized spacial score (nSPS) is 14.0. The lowest BCUT2D eigenvalue weighted by Gasteiger charge is -2.22. The van der Waals surface area contributed by atoms with Gasteiger partial charge in [-0.05, 0) is 20.3 Å². The Morgan fingerprint density at radius 2 is 1.94 bits per heavy atom. The number of hydrogen-bond acceptors (Lipinski definition) is 3. The van der Waals surface area contributed by atoms with E-state index < -0.39 is 0 Å². The monoisotopic (exact) mass is 229 g/mol. The largest absolute Gasteiger partial charge is 0.466 e. The molecule has 0 radical (unpaired) electrons. The van der Waals surface area contributed by atoms with Crippen LogP contribution >= 0.6 is 0 Å². The SMILES string of the molecule is CCCCC(C(=O)OCC)C(C)NC(C)=O. The van der Waals surface area contributed by atoms with Gasteiger partial charge in [-0.25, -0.2) is 0 Å². The summed E-state index contributed by atoms with van der Waals surface area (Å²) in [5.41, 5.74) is 0. The van der Waals surface area contributed by atoms with Crippen molar-refractivity contribution in [2.24, 2.45) is 5.92 Å². The molecule has 0 aliphatic rings. The topological polar surface area (TPSA) is 55.4 Å². The van der Waals surface area contributed by atoms with Crippen LogP contribution in [0.4, 0.5) is 0 Å². The third-order valence-corrected chi connectivity index (χ3v) is 2.49. The maximum atomic E-state index is 11.7. The first-order valence-electron chi connectivity index (χ1n) is 5.96. The van der Waals surface area contributed by atoms with Crippen molar-refractivity contribution in [3.63, 3.8) is 0 Å². The van der Waals surface area contributed by atoms with E-state index in [9.17, 15) is 9.59 Å². The molecular weight excluding hydrogens is 206 g/mol. The van der Waals surface area contributed by atoms with Crippen molar-refractivity contribution in [1.82, 2.24) is 5.32 Å². The second-order valence-electron chi connectivity index (χ2n) is 3.99. The molecule has 0 aliphatic carbocycles. The molecule has 94 valence electrons. The van der Waals surface area contributed by atoms with E-state index in [1.54, 1.807) is 6.92 Å². The molecule has 4 nitrogen and oxygen atoms in total. The van der Waals surface area contributed by atoms with Gasteiger partial charge in [0.05, 0.1) is 12.5 Å². The first kappa shape index (κ1) is 14.9. The fraction of sp³-hybridized carbons (Fsp3) is 0.833. The number of carbonyl (C=O) groups is 2. The Labute approximate surface area is 97.7 Å². The highest BCUT2D eigenvalue weighted by Gasteiger charge is 2.26. The van der Waals surface area contributed by atoms with E-state index >= 15 is 0 Å². The number of carbonyl (C=O) groups excluding carboxylic acids is 2. The zero-order chi connectivity index (χ0) is 12.6. The smallest absolute Gasteiger partial charge is 0.310 e. The third kappa shape index (κ3) is 5.73. The van der Waals surface area contributed by atoms with Crippen LogP contribution in [0.25, 0.3) is 0 Å². The highest BCUT2D eigenvalue weighted by Crippen LogP contribution is 2.15. The zero-order valence-corrected chi connectivity index (χ0v) is 10.7. The summed E-state index contributed by atoms with van der Waals surface area (Å²) in [4.78, 5) is 22.6. The summed E-state index contributed by atoms with van der Waals surface area (Å²) in [5.74, 6) is -0.556. The fourth-order valence-electron chi connectivity index (χ4n) is 1.67. The van der Waals surface area contributed by atoms with Gasteiger partial charge in [0.25, 0.3) is 0 Å². The number of rotatable bonds is 7. The van der Waals surface area contributed by atoms with Gasteiger partial charge in [-0.2, -0.15) is 0 Å². The molecule has 0 aromatic carbocycles. The van der Waals surface area contributed by atoms with Crippen LogP contribution in [0.5, 0.6) is 0 Å². The highest BCUT2D eigenvalue weighted by atomic mass is 16.5. The van der Waals surface area contributed by atoms with Gasteiger partial charge < -0.3 is 10.1 Å². The maximum Gasteiger partial charge on any atom is 0.310 e. The predicted molar refractivity (Wildman–Crippen MR) is 62.9 cm³/mol. The van der Waals surface area contributed by atoms with E-state index in [0.717, 1.165) is 19.3 Å². The second-order valence-corrected chi connectivity index (χ2v) is 3.99. The quantitative estimate of drug-likeness (QED) is 0.678. The summed E-state index contributed by atoms with van der Waals surface area (Å²) in [7, 11) is 0. The number of unbranched alkanes of at least 4 members (excludes halogenated alkanes) is 1. The van der Waals surface area contributed by atoms with Crippen molar-refractivity contribution >= 4 is 11.9 Å². The minimum atomic E-state index is -0.233. The molecule has 0 aromatic heterocycles. The van der Waals surface area contributed by atoms with E-state index in [4.69, 9.17) is 4.74 Å². The Balaban J connectivity index is 4.38. The summed E-state index contributed by atoms with van der Waals surface area (Å²) >= 11 is 0. The van der Waals surface area contributed by atoms with Gasteiger partial charge in [-0.1, -0.05) is 19.8 Å². The van der Waals surface area contributed by atoms with Crippen LogP contribution in [-0.4, -0.2) is 24.5 Å². The molecule has 0 fully saturated rings. The maximum absolute atomic E-state index is 11.7. The minimum absolute atomic E-state index is 0.113. The van der Waals surface area contributed by atoms with Crippen molar-refractivity contribution in [3.05, 3.63) is 0 Å². The van der Waals surface area contributed by atoms with Crippen LogP contribution in [0.1, 0.15) is 47.0 Å². The molecule has 0 saturated heterocycles. The Hall–Kier alpha value is -1.06. The van der Waals surface area contributed by atoms with Crippen LogP contribution < -0.4 is 5.32 Å². The second kappa shape index (κ2) is 8.13. The van der Waals surface area contributed by atoms with Crippen LogP contribution in [-0.2, 0) is 14.3 Å². The first-order valence-corrected chi connectivity index (χ1v) is 5.96. The van der Waals surface area contributed by atoms with E-state index in [1.807, 2.05) is 6.92 Å². The van der Waals surface area contributed by atoms with Gasteiger partial charge in [0.1, 0.15) is 0 Å². The summed E-state index contributed by atoms with van der Waals surface area (Å²) in [6, 6.07) is -0.164. The van der Waals surface area contributed by atoms with E-state index in [-0.39, 0.29) is 23.8 Å². The molecular formula is C12H23NO3. The van der Waals surface area contributed by atoms with Gasteiger partial charge in [0.15, 0.2) is 0 Å². The molecule has 0 spiro atoms. The molecule has 2 atom stereocenters. The Morgan fingerprint density at radius 1 is 1.31 bits per heavy atom. The third-order valence-electron chi connectivity index (χ3n) is 2.49. The molecule has 1 amide bonds. The van der Waals surface area contributed by atoms with Crippen LogP contribution in [0, 0.1) is 5.92 Å². The average Bonchev–Trinajstić information content (AvgIpc) is 2.17. The lowest BCUT2D eigenvalue weighted by atomic mass is 9.95. The molecule has 0 bridgehead atoms. The molecule has 2 unspecified atom stereocenters. The highest BCUT2D eigenvalue weighted by molar-refractivity contribution is 5.76. The van der Waals surface area contributed by atoms with Crippen molar-refractivity contribution in [1.29, 1.82) is 0 Å². The number of nitrogens with one attached hydrogen (secondary N) is 1. The summed E-state index contributed by atoms with van der Waals surface area (Å²) < 4.78 is 5.01. The summed E-state index contributed by atoms with van der Waals surface area (Å²) in [6.07, 6.45) is 2.76. The van der Waals surface area contributed by atoms with Crippen molar-refractivity contribution in [2.75, 3.05) is 6.61 Å². The Morgan fingerprint density at radius 3 is 2.38 bits per heavy atom. The van der Waals surface area contributed by atoms with E-state index in [1.165, 1.54) is 6.92 Å². The molecule has 0 aliphatic heterocycles. The molecule has 0 saturated carbocycles. The number of hydrogen-bond donors (Lipinski definition) is 1. The standard InChI is InChI=1S/C12H23NO3/c1-5-7-8-11(12(15)16-6-2)9(3)13-10(4)14/h9,11H,5-8H2,1-4H3,(H,13,14). The van der Waals surface area contributed by atoms with Gasteiger partial charge in [-0.15, -0.1) is 0 Å². The van der Waals surface area contributed by atoms with Crippen molar-refractivity contribution in [3.8, 4) is 0 Å². The summed E-state index contributed by atoms with van der Waals surface area (Å²) in [5, 5.41) is 2.75. The molecule has 0 heterocycles. The van der Waals surface area contributed by atoms with Crippen molar-refractivity contribution < 1.29 is 14.3 Å². The lowest BCUT2D eigenvalue weighted by molar-refractivity contribution is -0.149. The number of esters is 1. The fourth-order valence-corrected chi connectivity index (χ4v) is 1.67. The predicted octanol–water partition coefficient (Wildman–Crippen LogP) is 1.88. The molecule has 4 heteroatoms. The van der Waals surface area contributed by atoms with Gasteiger partial charge in [0.2, 0.25) is 5.91 Å². The average molecular weight is 229 g/mol. The van der Waals surface area contributed by atoms with Crippen LogP contribution in [0.2, 0.25) is 0 Å². The van der Waals surface area contributed by atoms with E-state index in [0.29, 0.717) is 6.61 Å². The number of amides is 1. The lowest BCUT2D eigenvalue weighted by Crippen LogP contribution is -2.41. The van der Waals surface area contributed by atoms with Crippen LogP contribution in [0.15, 0.2) is 0 Å². The van der Waals surface area contributed by atoms with Crippen molar-refractivity contribution in [2.45, 2.75) is 53.0 Å². The molecule has 0 rings (SSSR count).